The highest BCUT2D eigenvalue weighted by molar-refractivity contribution is 5.66. The Morgan fingerprint density at radius 2 is 1.89 bits per heavy atom. The van der Waals surface area contributed by atoms with Crippen molar-refractivity contribution in [3.05, 3.63) is 24.8 Å². The zero-order chi connectivity index (χ0) is 13.6. The summed E-state index contributed by atoms with van der Waals surface area (Å²) in [6.45, 7) is 7.32. The second-order valence-electron chi connectivity index (χ2n) is 4.68. The molecule has 0 saturated carbocycles. The Labute approximate surface area is 112 Å². The normalized spacial score (nSPS) is 12.6. The standard InChI is InChI=1S/C16H28O2/c1-4-6-8-9-10-12-14-16(18-15(3)17)13-11-7-5-2/h4,6,8,16H,1,5,7,9-14H2,2-3H3/b8-6-. The van der Waals surface area contributed by atoms with Crippen molar-refractivity contribution in [1.82, 2.24) is 0 Å². The third-order valence-corrected chi connectivity index (χ3v) is 2.88. The maximum Gasteiger partial charge on any atom is 0.302 e. The highest BCUT2D eigenvalue weighted by atomic mass is 16.5. The van der Waals surface area contributed by atoms with Gasteiger partial charge >= 0.3 is 5.97 Å². The topological polar surface area (TPSA) is 26.3 Å². The van der Waals surface area contributed by atoms with Gasteiger partial charge in [0.15, 0.2) is 0 Å². The van der Waals surface area contributed by atoms with E-state index in [1.807, 2.05) is 6.08 Å². The lowest BCUT2D eigenvalue weighted by Crippen LogP contribution is -2.16. The number of ether oxygens (including phenoxy) is 1. The van der Waals surface area contributed by atoms with Crippen LogP contribution in [-0.4, -0.2) is 12.1 Å². The molecule has 0 rings (SSSR count). The van der Waals surface area contributed by atoms with Gasteiger partial charge < -0.3 is 4.74 Å². The molecule has 2 nitrogen and oxygen atoms in total. The van der Waals surface area contributed by atoms with Crippen LogP contribution in [-0.2, 0) is 9.53 Å². The molecule has 2 heteroatoms. The molecule has 0 fully saturated rings. The van der Waals surface area contributed by atoms with Gasteiger partial charge in [0.25, 0.3) is 0 Å². The van der Waals surface area contributed by atoms with E-state index in [-0.39, 0.29) is 12.1 Å². The molecule has 1 unspecified atom stereocenters. The number of hydrogen-bond acceptors (Lipinski definition) is 2. The Morgan fingerprint density at radius 1 is 1.22 bits per heavy atom. The summed E-state index contributed by atoms with van der Waals surface area (Å²) < 4.78 is 5.35. The Morgan fingerprint density at radius 3 is 2.44 bits per heavy atom. The fourth-order valence-electron chi connectivity index (χ4n) is 1.95. The summed E-state index contributed by atoms with van der Waals surface area (Å²) in [5.74, 6) is -0.150. The van der Waals surface area contributed by atoms with Gasteiger partial charge in [-0.05, 0) is 38.5 Å². The van der Waals surface area contributed by atoms with Gasteiger partial charge in [-0.3, -0.25) is 4.79 Å². The van der Waals surface area contributed by atoms with Gasteiger partial charge in [0.05, 0.1) is 0 Å². The van der Waals surface area contributed by atoms with E-state index in [4.69, 9.17) is 4.74 Å². The average Bonchev–Trinajstić information content (AvgIpc) is 2.33. The summed E-state index contributed by atoms with van der Waals surface area (Å²) in [6, 6.07) is 0. The molecular formula is C16H28O2. The fraction of sp³-hybridized carbons (Fsp3) is 0.688. The number of carbonyl (C=O) groups is 1. The van der Waals surface area contributed by atoms with Crippen molar-refractivity contribution >= 4 is 5.97 Å². The van der Waals surface area contributed by atoms with Crippen molar-refractivity contribution in [2.24, 2.45) is 0 Å². The lowest BCUT2D eigenvalue weighted by atomic mass is 10.0. The monoisotopic (exact) mass is 252 g/mol. The van der Waals surface area contributed by atoms with E-state index in [1.54, 1.807) is 6.08 Å². The number of esters is 1. The van der Waals surface area contributed by atoms with E-state index < -0.39 is 0 Å². The first-order valence-electron chi connectivity index (χ1n) is 7.15. The molecule has 0 bridgehead atoms. The van der Waals surface area contributed by atoms with Crippen LogP contribution in [0.3, 0.4) is 0 Å². The van der Waals surface area contributed by atoms with E-state index in [9.17, 15) is 4.79 Å². The van der Waals surface area contributed by atoms with Gasteiger partial charge in [-0.25, -0.2) is 0 Å². The van der Waals surface area contributed by atoms with Crippen molar-refractivity contribution in [2.75, 3.05) is 0 Å². The predicted octanol–water partition coefficient (Wildman–Crippen LogP) is 4.80. The Balaban J connectivity index is 3.74. The van der Waals surface area contributed by atoms with Gasteiger partial charge in [0.2, 0.25) is 0 Å². The minimum Gasteiger partial charge on any atom is -0.463 e. The van der Waals surface area contributed by atoms with E-state index in [0.29, 0.717) is 0 Å². The van der Waals surface area contributed by atoms with Crippen LogP contribution < -0.4 is 0 Å². The van der Waals surface area contributed by atoms with Crippen LogP contribution in [0.5, 0.6) is 0 Å². The minimum absolute atomic E-state index is 0.123. The molecule has 0 aliphatic rings. The molecule has 0 aromatic heterocycles. The first-order chi connectivity index (χ1) is 8.70. The average molecular weight is 252 g/mol. The number of allylic oxidation sites excluding steroid dienone is 3. The molecular weight excluding hydrogens is 224 g/mol. The molecule has 0 spiro atoms. The van der Waals surface area contributed by atoms with Crippen LogP contribution in [0.1, 0.15) is 65.2 Å². The van der Waals surface area contributed by atoms with Gasteiger partial charge in [-0.15, -0.1) is 0 Å². The Kier molecular flexibility index (Phi) is 11.7. The number of hydrogen-bond donors (Lipinski definition) is 0. The molecule has 0 aromatic rings. The molecule has 0 aliphatic heterocycles. The smallest absolute Gasteiger partial charge is 0.302 e. The third kappa shape index (κ3) is 11.4. The third-order valence-electron chi connectivity index (χ3n) is 2.88. The molecule has 0 N–H and O–H groups in total. The number of unbranched alkanes of at least 4 members (excludes halogenated alkanes) is 4. The van der Waals surface area contributed by atoms with Crippen LogP contribution in [0.15, 0.2) is 24.8 Å². The van der Waals surface area contributed by atoms with Crippen LogP contribution >= 0.6 is 0 Å². The lowest BCUT2D eigenvalue weighted by molar-refractivity contribution is -0.147. The van der Waals surface area contributed by atoms with Crippen LogP contribution in [0, 0.1) is 0 Å². The number of rotatable bonds is 11. The Hall–Kier alpha value is -1.05. The highest BCUT2D eigenvalue weighted by Crippen LogP contribution is 2.14. The molecule has 1 atom stereocenters. The van der Waals surface area contributed by atoms with Crippen molar-refractivity contribution in [3.63, 3.8) is 0 Å². The molecule has 0 heterocycles. The summed E-state index contributed by atoms with van der Waals surface area (Å²) in [5, 5.41) is 0. The van der Waals surface area contributed by atoms with Gasteiger partial charge in [0.1, 0.15) is 6.10 Å². The summed E-state index contributed by atoms with van der Waals surface area (Å²) in [6.07, 6.45) is 15.0. The van der Waals surface area contributed by atoms with E-state index in [0.717, 1.165) is 38.5 Å². The molecule has 0 saturated heterocycles. The maximum atomic E-state index is 11.0. The second kappa shape index (κ2) is 12.4. The molecule has 0 radical (unpaired) electrons. The van der Waals surface area contributed by atoms with Gasteiger partial charge in [-0.1, -0.05) is 44.6 Å². The predicted molar refractivity (Wildman–Crippen MR) is 77.5 cm³/mol. The SMILES string of the molecule is C=C/C=C\CCCCC(CCCCC)OC(C)=O. The second-order valence-corrected chi connectivity index (χ2v) is 4.68. The summed E-state index contributed by atoms with van der Waals surface area (Å²) in [5.41, 5.74) is 0. The summed E-state index contributed by atoms with van der Waals surface area (Å²) in [4.78, 5) is 11.0. The number of carbonyl (C=O) groups excluding carboxylic acids is 1. The minimum atomic E-state index is -0.150. The first kappa shape index (κ1) is 16.9. The van der Waals surface area contributed by atoms with E-state index in [2.05, 4.69) is 19.6 Å². The summed E-state index contributed by atoms with van der Waals surface area (Å²) >= 11 is 0. The largest absolute Gasteiger partial charge is 0.463 e. The summed E-state index contributed by atoms with van der Waals surface area (Å²) in [7, 11) is 0. The van der Waals surface area contributed by atoms with E-state index >= 15 is 0 Å². The van der Waals surface area contributed by atoms with Crippen molar-refractivity contribution in [3.8, 4) is 0 Å². The van der Waals surface area contributed by atoms with E-state index in [1.165, 1.54) is 19.8 Å². The first-order valence-corrected chi connectivity index (χ1v) is 7.15. The molecule has 0 aliphatic carbocycles. The molecule has 18 heavy (non-hydrogen) atoms. The quantitative estimate of drug-likeness (QED) is 0.300. The molecule has 0 aromatic carbocycles. The van der Waals surface area contributed by atoms with Gasteiger partial charge in [-0.2, -0.15) is 0 Å². The Bertz CT molecular complexity index is 243. The fourth-order valence-corrected chi connectivity index (χ4v) is 1.95. The van der Waals surface area contributed by atoms with Crippen molar-refractivity contribution < 1.29 is 9.53 Å². The molecule has 104 valence electrons. The lowest BCUT2D eigenvalue weighted by Gasteiger charge is -2.16. The van der Waals surface area contributed by atoms with Crippen LogP contribution in [0.25, 0.3) is 0 Å². The zero-order valence-corrected chi connectivity index (χ0v) is 12.0. The van der Waals surface area contributed by atoms with Crippen LogP contribution in [0.4, 0.5) is 0 Å². The van der Waals surface area contributed by atoms with Crippen LogP contribution in [0.2, 0.25) is 0 Å². The zero-order valence-electron chi connectivity index (χ0n) is 12.0. The molecule has 0 amide bonds. The highest BCUT2D eigenvalue weighted by Gasteiger charge is 2.10. The van der Waals surface area contributed by atoms with Crippen molar-refractivity contribution in [1.29, 1.82) is 0 Å². The maximum absolute atomic E-state index is 11.0. The van der Waals surface area contributed by atoms with Gasteiger partial charge in [0, 0.05) is 6.92 Å². The van der Waals surface area contributed by atoms with Crippen molar-refractivity contribution in [2.45, 2.75) is 71.3 Å².